The van der Waals surface area contributed by atoms with E-state index in [4.69, 9.17) is 16.3 Å². The molecule has 1 amide bonds. The highest BCUT2D eigenvalue weighted by atomic mass is 35.5. The summed E-state index contributed by atoms with van der Waals surface area (Å²) in [4.78, 5) is 14.4. The van der Waals surface area contributed by atoms with E-state index in [9.17, 15) is 4.79 Å². The number of hydrogen-bond acceptors (Lipinski definition) is 4. The molecule has 1 aliphatic heterocycles. The molecular formula is C23H28ClN3O2. The molecule has 154 valence electrons. The molecule has 1 aliphatic rings. The zero-order chi connectivity index (χ0) is 21.0. The molecule has 5 nitrogen and oxygen atoms in total. The second-order valence-electron chi connectivity index (χ2n) is 8.02. The van der Waals surface area contributed by atoms with Gasteiger partial charge in [-0.15, -0.1) is 0 Å². The van der Waals surface area contributed by atoms with Gasteiger partial charge in [0.2, 0.25) is 0 Å². The smallest absolute Gasteiger partial charge is 0.277 e. The molecule has 0 saturated carbocycles. The number of anilines is 1. The van der Waals surface area contributed by atoms with Gasteiger partial charge in [-0.1, -0.05) is 30.7 Å². The Morgan fingerprint density at radius 3 is 2.86 bits per heavy atom. The molecular weight excluding hydrogens is 386 g/mol. The number of nitrogens with one attached hydrogen (secondary N) is 1. The zero-order valence-electron chi connectivity index (χ0n) is 17.4. The number of hydrogen-bond donors (Lipinski definition) is 1. The van der Waals surface area contributed by atoms with Gasteiger partial charge in [0.15, 0.2) is 6.61 Å². The van der Waals surface area contributed by atoms with Crippen LogP contribution in [0.15, 0.2) is 47.6 Å². The predicted octanol–water partition coefficient (Wildman–Crippen LogP) is 4.98. The minimum atomic E-state index is -0.327. The molecule has 6 heteroatoms. The van der Waals surface area contributed by atoms with E-state index in [1.54, 1.807) is 30.5 Å². The topological polar surface area (TPSA) is 53.9 Å². The van der Waals surface area contributed by atoms with Crippen LogP contribution in [-0.4, -0.2) is 30.8 Å². The maximum atomic E-state index is 11.9. The molecule has 0 spiro atoms. The van der Waals surface area contributed by atoms with Crippen LogP contribution in [0.5, 0.6) is 5.75 Å². The lowest BCUT2D eigenvalue weighted by molar-refractivity contribution is -0.123. The van der Waals surface area contributed by atoms with E-state index in [0.29, 0.717) is 16.7 Å². The fourth-order valence-electron chi connectivity index (χ4n) is 4.10. The summed E-state index contributed by atoms with van der Waals surface area (Å²) in [5, 5.41) is 4.63. The van der Waals surface area contributed by atoms with Gasteiger partial charge in [0.1, 0.15) is 5.75 Å². The molecule has 1 heterocycles. The van der Waals surface area contributed by atoms with Gasteiger partial charge in [0, 0.05) is 22.8 Å². The van der Waals surface area contributed by atoms with E-state index in [2.05, 4.69) is 55.3 Å². The van der Waals surface area contributed by atoms with Gasteiger partial charge in [-0.25, -0.2) is 5.43 Å². The van der Waals surface area contributed by atoms with E-state index >= 15 is 0 Å². The monoisotopic (exact) mass is 413 g/mol. The fourth-order valence-corrected chi connectivity index (χ4v) is 4.28. The molecule has 2 aromatic carbocycles. The molecule has 0 bridgehead atoms. The largest absolute Gasteiger partial charge is 0.484 e. The maximum absolute atomic E-state index is 11.9. The Balaban J connectivity index is 1.61. The lowest BCUT2D eigenvalue weighted by atomic mass is 9.79. The molecule has 1 N–H and O–H groups in total. The quantitative estimate of drug-likeness (QED) is 0.536. The first kappa shape index (κ1) is 21.2. The molecule has 2 aromatic rings. The van der Waals surface area contributed by atoms with E-state index < -0.39 is 0 Å². The number of amides is 1. The molecule has 0 radical (unpaired) electrons. The third-order valence-electron chi connectivity index (χ3n) is 5.29. The maximum Gasteiger partial charge on any atom is 0.277 e. The number of carbonyl (C=O) groups excluding carboxylic acids is 1. The summed E-state index contributed by atoms with van der Waals surface area (Å²) in [6.45, 7) is 9.91. The number of nitrogens with zero attached hydrogens (tertiary/aromatic N) is 2. The zero-order valence-corrected chi connectivity index (χ0v) is 18.2. The SMILES string of the molecule is CCN1c2ccc(/C=N\NC(=O)COc3cccc(Cl)c3)cc2C(C)CC1(C)C. The molecule has 0 saturated heterocycles. The first-order valence-corrected chi connectivity index (χ1v) is 10.3. The van der Waals surface area contributed by atoms with Gasteiger partial charge in [-0.2, -0.15) is 5.10 Å². The van der Waals surface area contributed by atoms with E-state index in [-0.39, 0.29) is 18.1 Å². The summed E-state index contributed by atoms with van der Waals surface area (Å²) < 4.78 is 5.41. The van der Waals surface area contributed by atoms with Crippen molar-refractivity contribution in [3.63, 3.8) is 0 Å². The third kappa shape index (κ3) is 5.10. The molecule has 3 rings (SSSR count). The third-order valence-corrected chi connectivity index (χ3v) is 5.53. The van der Waals surface area contributed by atoms with Crippen LogP contribution in [0.4, 0.5) is 5.69 Å². The van der Waals surface area contributed by atoms with E-state index in [0.717, 1.165) is 18.5 Å². The minimum Gasteiger partial charge on any atom is -0.484 e. The molecule has 1 atom stereocenters. The Kier molecular flexibility index (Phi) is 6.48. The average molecular weight is 414 g/mol. The van der Waals surface area contributed by atoms with Crippen molar-refractivity contribution >= 4 is 29.4 Å². The lowest BCUT2D eigenvalue weighted by Gasteiger charge is -2.47. The number of ether oxygens (including phenoxy) is 1. The molecule has 0 aromatic heterocycles. The van der Waals surface area contributed by atoms with Crippen LogP contribution in [0, 0.1) is 0 Å². The molecule has 0 aliphatic carbocycles. The van der Waals surface area contributed by atoms with Crippen molar-refractivity contribution in [2.75, 3.05) is 18.1 Å². The Morgan fingerprint density at radius 2 is 2.14 bits per heavy atom. The number of carbonyl (C=O) groups is 1. The van der Waals surface area contributed by atoms with E-state index in [1.165, 1.54) is 11.3 Å². The van der Waals surface area contributed by atoms with Gasteiger partial charge >= 0.3 is 0 Å². The van der Waals surface area contributed by atoms with Crippen molar-refractivity contribution in [2.24, 2.45) is 5.10 Å². The van der Waals surface area contributed by atoms with Crippen molar-refractivity contribution in [1.29, 1.82) is 0 Å². The van der Waals surface area contributed by atoms with Crippen LogP contribution in [0.1, 0.15) is 51.2 Å². The van der Waals surface area contributed by atoms with Crippen LogP contribution >= 0.6 is 11.6 Å². The van der Waals surface area contributed by atoms with Gasteiger partial charge in [-0.05, 0) is 74.6 Å². The van der Waals surface area contributed by atoms with Crippen molar-refractivity contribution in [1.82, 2.24) is 5.43 Å². The van der Waals surface area contributed by atoms with Crippen molar-refractivity contribution in [3.8, 4) is 5.75 Å². The van der Waals surface area contributed by atoms with Gasteiger partial charge < -0.3 is 9.64 Å². The first-order chi connectivity index (χ1) is 13.8. The van der Waals surface area contributed by atoms with Crippen molar-refractivity contribution in [2.45, 2.75) is 45.6 Å². The van der Waals surface area contributed by atoms with Gasteiger partial charge in [0.25, 0.3) is 5.91 Å². The van der Waals surface area contributed by atoms with E-state index in [1.807, 2.05) is 6.07 Å². The highest BCUT2D eigenvalue weighted by Gasteiger charge is 2.35. The highest BCUT2D eigenvalue weighted by Crippen LogP contribution is 2.43. The second kappa shape index (κ2) is 8.87. The average Bonchev–Trinajstić information content (AvgIpc) is 2.66. The fraction of sp³-hybridized carbons (Fsp3) is 0.391. The normalized spacial score (nSPS) is 17.8. The van der Waals surface area contributed by atoms with Crippen LogP contribution in [-0.2, 0) is 4.79 Å². The Labute approximate surface area is 177 Å². The molecule has 29 heavy (non-hydrogen) atoms. The lowest BCUT2D eigenvalue weighted by Crippen LogP contribution is -2.48. The Bertz CT molecular complexity index is 911. The summed E-state index contributed by atoms with van der Waals surface area (Å²) in [5.41, 5.74) is 6.22. The first-order valence-electron chi connectivity index (χ1n) is 9.92. The van der Waals surface area contributed by atoms with Crippen molar-refractivity contribution in [3.05, 3.63) is 58.6 Å². The van der Waals surface area contributed by atoms with Crippen LogP contribution < -0.4 is 15.1 Å². The summed E-state index contributed by atoms with van der Waals surface area (Å²) in [6.07, 6.45) is 2.77. The second-order valence-corrected chi connectivity index (χ2v) is 8.46. The summed E-state index contributed by atoms with van der Waals surface area (Å²) >= 11 is 5.90. The van der Waals surface area contributed by atoms with Crippen LogP contribution in [0.3, 0.4) is 0 Å². The number of fused-ring (bicyclic) bond motifs is 1. The standard InChI is InChI=1S/C23H28ClN3O2/c1-5-27-21-10-9-17(11-20(21)16(2)13-23(27,3)4)14-25-26-22(28)15-29-19-8-6-7-18(24)12-19/h6-12,14,16H,5,13,15H2,1-4H3,(H,26,28)/b25-14-. The van der Waals surface area contributed by atoms with Crippen LogP contribution in [0.2, 0.25) is 5.02 Å². The van der Waals surface area contributed by atoms with Crippen molar-refractivity contribution < 1.29 is 9.53 Å². The Morgan fingerprint density at radius 1 is 1.34 bits per heavy atom. The molecule has 1 unspecified atom stereocenters. The number of halogens is 1. The highest BCUT2D eigenvalue weighted by molar-refractivity contribution is 6.30. The van der Waals surface area contributed by atoms with Crippen LogP contribution in [0.25, 0.3) is 0 Å². The summed E-state index contributed by atoms with van der Waals surface area (Å²) in [6, 6.07) is 13.3. The summed E-state index contributed by atoms with van der Waals surface area (Å²) in [5.74, 6) is 0.687. The Hall–Kier alpha value is -2.53. The predicted molar refractivity (Wildman–Crippen MR) is 119 cm³/mol. The van der Waals surface area contributed by atoms with Gasteiger partial charge in [0.05, 0.1) is 6.21 Å². The number of rotatable bonds is 6. The minimum absolute atomic E-state index is 0.126. The number of hydrazone groups is 1. The molecule has 0 fully saturated rings. The summed E-state index contributed by atoms with van der Waals surface area (Å²) in [7, 11) is 0. The number of benzene rings is 2. The van der Waals surface area contributed by atoms with Gasteiger partial charge in [-0.3, -0.25) is 4.79 Å².